The van der Waals surface area contributed by atoms with Crippen LogP contribution in [0.25, 0.3) is 10.9 Å². The monoisotopic (exact) mass is 765 g/mol. The predicted octanol–water partition coefficient (Wildman–Crippen LogP) is 3.93. The molecule has 2 saturated heterocycles. The summed E-state index contributed by atoms with van der Waals surface area (Å²) in [5.41, 5.74) is -0.655. The molecule has 7 rings (SSSR count). The molecule has 1 spiro atoms. The Kier molecular flexibility index (Phi) is 9.84. The molecule has 2 aromatic rings. The van der Waals surface area contributed by atoms with Crippen molar-refractivity contribution in [2.24, 2.45) is 5.92 Å². The number of nitrogens with one attached hydrogen (secondary N) is 2. The second-order valence-electron chi connectivity index (χ2n) is 16.3. The first-order chi connectivity index (χ1) is 25.6. The molecule has 1 aromatic carbocycles. The van der Waals surface area contributed by atoms with E-state index in [1.807, 2.05) is 37.3 Å². The van der Waals surface area contributed by atoms with E-state index in [2.05, 4.69) is 10.6 Å². The number of alkyl carbamates (subject to hydrolysis) is 1. The Labute approximate surface area is 316 Å². The van der Waals surface area contributed by atoms with E-state index in [9.17, 15) is 27.6 Å². The number of aromatic nitrogens is 1. The summed E-state index contributed by atoms with van der Waals surface area (Å²) in [6.45, 7) is 7.35. The molecule has 292 valence electrons. The van der Waals surface area contributed by atoms with Crippen LogP contribution in [0.1, 0.15) is 90.3 Å². The van der Waals surface area contributed by atoms with Crippen molar-refractivity contribution in [3.63, 3.8) is 0 Å². The molecule has 1 aliphatic carbocycles. The van der Waals surface area contributed by atoms with Gasteiger partial charge in [0.05, 0.1) is 37.2 Å². The van der Waals surface area contributed by atoms with Gasteiger partial charge in [0.1, 0.15) is 40.3 Å². The maximum absolute atomic E-state index is 14.7. The summed E-state index contributed by atoms with van der Waals surface area (Å²) >= 11 is 0. The lowest BCUT2D eigenvalue weighted by molar-refractivity contribution is -0.142. The Morgan fingerprint density at radius 2 is 1.94 bits per heavy atom. The summed E-state index contributed by atoms with van der Waals surface area (Å²) in [5, 5.41) is 6.68. The predicted molar refractivity (Wildman–Crippen MR) is 199 cm³/mol. The highest BCUT2D eigenvalue weighted by Crippen LogP contribution is 2.49. The standard InChI is InChI=1S/C39H51N5O9S/c1-6-28-32-26(27-20-25(51-5)14-15-29(27)40-28)16-17-38(52-32)22-31-33(45)42-39(35(47)44-18-19-54(44,49)50)21-24(39)12-10-8-7-9-11-13-30(34(46)43(31)23-38)41-36(48)53-37(2,3)4/h10,12,14-15,20,24,30-31H,6-9,11,13,16-19,21-23H2,1-5H3,(H,41,48)(H,42,45)/b12-10-/t24-,30+,31+,38-,39-/m1/s1. The van der Waals surface area contributed by atoms with E-state index in [0.29, 0.717) is 50.0 Å². The number of benzene rings is 1. The minimum absolute atomic E-state index is 0.0555. The number of allylic oxidation sites excluding steroid dienone is 1. The van der Waals surface area contributed by atoms with Crippen LogP contribution < -0.4 is 20.1 Å². The lowest BCUT2D eigenvalue weighted by atomic mass is 9.87. The third kappa shape index (κ3) is 7.11. The maximum Gasteiger partial charge on any atom is 0.408 e. The number of sulfonamides is 1. The van der Waals surface area contributed by atoms with Gasteiger partial charge in [-0.15, -0.1) is 0 Å². The number of nitrogens with zero attached hydrogens (tertiary/aromatic N) is 3. The van der Waals surface area contributed by atoms with Gasteiger partial charge in [-0.2, -0.15) is 0 Å². The quantitative estimate of drug-likeness (QED) is 0.435. The molecule has 5 heterocycles. The van der Waals surface area contributed by atoms with E-state index in [-0.39, 0.29) is 31.7 Å². The van der Waals surface area contributed by atoms with Crippen LogP contribution in [0, 0.1) is 5.92 Å². The van der Waals surface area contributed by atoms with Crippen molar-refractivity contribution < 1.29 is 41.8 Å². The van der Waals surface area contributed by atoms with E-state index >= 15 is 0 Å². The minimum atomic E-state index is -3.74. The first-order valence-corrected chi connectivity index (χ1v) is 20.7. The molecule has 15 heteroatoms. The van der Waals surface area contributed by atoms with Gasteiger partial charge in [-0.1, -0.05) is 31.9 Å². The van der Waals surface area contributed by atoms with Crippen LogP contribution in [0.4, 0.5) is 4.79 Å². The minimum Gasteiger partial charge on any atom is -0.497 e. The van der Waals surface area contributed by atoms with Crippen molar-refractivity contribution in [1.82, 2.24) is 24.8 Å². The van der Waals surface area contributed by atoms with Gasteiger partial charge >= 0.3 is 6.09 Å². The molecule has 3 fully saturated rings. The van der Waals surface area contributed by atoms with E-state index in [0.717, 1.165) is 39.3 Å². The number of ether oxygens (including phenoxy) is 3. The number of rotatable bonds is 4. The van der Waals surface area contributed by atoms with Crippen molar-refractivity contribution in [2.45, 2.75) is 121 Å². The molecule has 0 unspecified atom stereocenters. The topological polar surface area (TPSA) is 174 Å². The first-order valence-electron chi connectivity index (χ1n) is 19.1. The van der Waals surface area contributed by atoms with Crippen molar-refractivity contribution in [2.75, 3.05) is 26.0 Å². The van der Waals surface area contributed by atoms with Crippen LogP contribution in [-0.2, 0) is 42.0 Å². The Balaban J connectivity index is 1.26. The molecule has 5 aliphatic rings. The van der Waals surface area contributed by atoms with E-state index in [1.54, 1.807) is 27.9 Å². The highest BCUT2D eigenvalue weighted by Gasteiger charge is 2.65. The van der Waals surface area contributed by atoms with E-state index in [4.69, 9.17) is 19.2 Å². The van der Waals surface area contributed by atoms with Crippen LogP contribution in [0.2, 0.25) is 0 Å². The average Bonchev–Trinajstić information content (AvgIpc) is 3.69. The highest BCUT2D eigenvalue weighted by molar-refractivity contribution is 7.90. The first kappa shape index (κ1) is 37.9. The van der Waals surface area contributed by atoms with Crippen molar-refractivity contribution >= 4 is 44.7 Å². The van der Waals surface area contributed by atoms with Crippen molar-refractivity contribution in [3.8, 4) is 11.5 Å². The van der Waals surface area contributed by atoms with Gasteiger partial charge in [0.2, 0.25) is 21.8 Å². The number of hydrogen-bond donors (Lipinski definition) is 2. The lowest BCUT2D eigenvalue weighted by Crippen LogP contribution is -2.62. The molecule has 14 nitrogen and oxygen atoms in total. The molecular weight excluding hydrogens is 715 g/mol. The third-order valence-electron chi connectivity index (χ3n) is 11.4. The summed E-state index contributed by atoms with van der Waals surface area (Å²) in [5.74, 6) is -0.868. The molecule has 0 radical (unpaired) electrons. The number of hydrogen-bond acceptors (Lipinski definition) is 10. The number of amides is 4. The van der Waals surface area contributed by atoms with Crippen molar-refractivity contribution in [3.05, 3.63) is 41.6 Å². The zero-order chi connectivity index (χ0) is 38.6. The van der Waals surface area contributed by atoms with E-state index < -0.39 is 68.6 Å². The van der Waals surface area contributed by atoms with Gasteiger partial charge in [0, 0.05) is 23.3 Å². The highest BCUT2D eigenvalue weighted by atomic mass is 32.2. The van der Waals surface area contributed by atoms with Crippen molar-refractivity contribution in [1.29, 1.82) is 0 Å². The smallest absolute Gasteiger partial charge is 0.408 e. The number of carbonyl (C=O) groups is 4. The molecule has 2 N–H and O–H groups in total. The fourth-order valence-corrected chi connectivity index (χ4v) is 9.45. The average molecular weight is 766 g/mol. The molecule has 0 bridgehead atoms. The van der Waals surface area contributed by atoms with Gasteiger partial charge in [-0.3, -0.25) is 14.4 Å². The normalized spacial score (nSPS) is 30.0. The zero-order valence-corrected chi connectivity index (χ0v) is 32.6. The molecule has 1 aromatic heterocycles. The zero-order valence-electron chi connectivity index (χ0n) is 31.7. The van der Waals surface area contributed by atoms with Gasteiger partial charge in [0.15, 0.2) is 0 Å². The van der Waals surface area contributed by atoms with Gasteiger partial charge in [-0.25, -0.2) is 22.5 Å². The fourth-order valence-electron chi connectivity index (χ4n) is 8.38. The molecule has 4 amide bonds. The van der Waals surface area contributed by atoms with E-state index in [1.165, 1.54) is 4.90 Å². The lowest BCUT2D eigenvalue weighted by Gasteiger charge is -2.37. The Bertz CT molecular complexity index is 2010. The molecular formula is C39H51N5O9S. The van der Waals surface area contributed by atoms with Gasteiger partial charge < -0.3 is 29.7 Å². The number of fused-ring (bicyclic) bond motifs is 5. The summed E-state index contributed by atoms with van der Waals surface area (Å²) in [6.07, 6.45) is 8.44. The summed E-state index contributed by atoms with van der Waals surface area (Å²) in [4.78, 5) is 62.8. The molecule has 5 atom stereocenters. The molecule has 1 saturated carbocycles. The van der Waals surface area contributed by atoms with Crippen LogP contribution in [0.5, 0.6) is 11.5 Å². The Morgan fingerprint density at radius 3 is 2.63 bits per heavy atom. The van der Waals surface area contributed by atoms with Gasteiger partial charge in [0.25, 0.3) is 5.91 Å². The number of pyridine rings is 1. The fraction of sp³-hybridized carbons (Fsp3) is 0.615. The maximum atomic E-state index is 14.7. The van der Waals surface area contributed by atoms with Crippen LogP contribution in [0.3, 0.4) is 0 Å². The number of carbonyl (C=O) groups excluding carboxylic acids is 4. The summed E-state index contributed by atoms with van der Waals surface area (Å²) in [6, 6.07) is 3.68. The van der Waals surface area contributed by atoms with Crippen LogP contribution in [0.15, 0.2) is 30.4 Å². The Hall–Kier alpha value is -4.40. The summed E-state index contributed by atoms with van der Waals surface area (Å²) in [7, 11) is -2.13. The number of methoxy groups -OCH3 is 1. The second-order valence-corrected chi connectivity index (χ2v) is 18.3. The SMILES string of the molecule is CCc1nc2ccc(OC)cc2c2c1O[C@]1(CC2)C[C@H]2C(=O)N[C@]3(C(=O)N4CCS4(=O)=O)C[C@H]3/C=C\CCCCC[C@H](NC(=O)OC(C)(C)C)C(=O)N2C1. The number of aryl methyl sites for hydroxylation is 2. The Morgan fingerprint density at radius 1 is 1.15 bits per heavy atom. The molecule has 4 aliphatic heterocycles. The van der Waals surface area contributed by atoms with Crippen LogP contribution in [-0.4, -0.2) is 101 Å². The van der Waals surface area contributed by atoms with Crippen LogP contribution >= 0.6 is 0 Å². The molecule has 54 heavy (non-hydrogen) atoms. The summed E-state index contributed by atoms with van der Waals surface area (Å²) < 4.78 is 44.1. The second kappa shape index (κ2) is 14.0. The largest absolute Gasteiger partial charge is 0.497 e. The third-order valence-corrected chi connectivity index (χ3v) is 13.1. The van der Waals surface area contributed by atoms with Gasteiger partial charge in [-0.05, 0) is 83.9 Å².